The Bertz CT molecular complexity index is 251. The molecule has 0 bridgehead atoms. The van der Waals surface area contributed by atoms with E-state index >= 15 is 0 Å². The molecule has 0 heterocycles. The summed E-state index contributed by atoms with van der Waals surface area (Å²) in [5, 5.41) is 17.7. The van der Waals surface area contributed by atoms with Gasteiger partial charge in [0.25, 0.3) is 0 Å². The summed E-state index contributed by atoms with van der Waals surface area (Å²) in [4.78, 5) is 0. The van der Waals surface area contributed by atoms with Crippen LogP contribution in [0.25, 0.3) is 0 Å². The predicted molar refractivity (Wildman–Crippen MR) is 45.9 cm³/mol. The Morgan fingerprint density at radius 3 is 2.50 bits per heavy atom. The molecule has 0 aromatic carbocycles. The number of allylic oxidation sites excluding steroid dienone is 1. The molecule has 1 rings (SSSR count). The van der Waals surface area contributed by atoms with Crippen LogP contribution in [0.2, 0.25) is 0 Å². The van der Waals surface area contributed by atoms with Crippen molar-refractivity contribution in [2.24, 2.45) is 5.41 Å². The fourth-order valence-corrected chi connectivity index (χ4v) is 1.62. The van der Waals surface area contributed by atoms with Crippen molar-refractivity contribution in [1.29, 1.82) is 10.5 Å². The summed E-state index contributed by atoms with van der Waals surface area (Å²) in [7, 11) is 0. The molecule has 0 aromatic heterocycles. The lowest BCUT2D eigenvalue weighted by Crippen LogP contribution is -2.14. The van der Waals surface area contributed by atoms with Crippen molar-refractivity contribution >= 4 is 0 Å². The van der Waals surface area contributed by atoms with E-state index in [0.29, 0.717) is 12.8 Å². The lowest BCUT2D eigenvalue weighted by molar-refractivity contribution is 0.476. The molecule has 2 nitrogen and oxygen atoms in total. The van der Waals surface area contributed by atoms with E-state index in [0.717, 1.165) is 24.8 Å². The zero-order valence-electron chi connectivity index (χ0n) is 7.14. The number of nitriles is 2. The van der Waals surface area contributed by atoms with Crippen LogP contribution in [-0.4, -0.2) is 0 Å². The van der Waals surface area contributed by atoms with E-state index in [9.17, 15) is 0 Å². The summed E-state index contributed by atoms with van der Waals surface area (Å²) < 4.78 is 0. The van der Waals surface area contributed by atoms with Gasteiger partial charge in [0.15, 0.2) is 0 Å². The van der Waals surface area contributed by atoms with Crippen LogP contribution < -0.4 is 0 Å². The highest BCUT2D eigenvalue weighted by atomic mass is 14.4. The first-order valence-corrected chi connectivity index (χ1v) is 4.21. The van der Waals surface area contributed by atoms with E-state index < -0.39 is 5.41 Å². The van der Waals surface area contributed by atoms with Crippen LogP contribution in [0.5, 0.6) is 0 Å². The Labute approximate surface area is 73.1 Å². The molecule has 12 heavy (non-hydrogen) atoms. The Balaban J connectivity index is 2.83. The highest BCUT2D eigenvalue weighted by Gasteiger charge is 2.31. The smallest absolute Gasteiger partial charge is 0.147 e. The van der Waals surface area contributed by atoms with Crippen LogP contribution in [-0.2, 0) is 0 Å². The average Bonchev–Trinajstić information content (AvgIpc) is 2.28. The van der Waals surface area contributed by atoms with Crippen molar-refractivity contribution in [3.63, 3.8) is 0 Å². The number of rotatable bonds is 0. The second-order valence-electron chi connectivity index (χ2n) is 3.44. The Morgan fingerprint density at radius 2 is 1.92 bits per heavy atom. The van der Waals surface area contributed by atoms with Crippen LogP contribution in [0.15, 0.2) is 12.2 Å². The second-order valence-corrected chi connectivity index (χ2v) is 3.44. The molecule has 0 aromatic rings. The fourth-order valence-electron chi connectivity index (χ4n) is 1.62. The summed E-state index contributed by atoms with van der Waals surface area (Å²) in [5.41, 5.74) is 0.281. The molecule has 0 N–H and O–H groups in total. The molecule has 0 unspecified atom stereocenters. The number of hydrogen-bond donors (Lipinski definition) is 0. The topological polar surface area (TPSA) is 47.6 Å². The van der Waals surface area contributed by atoms with Crippen LogP contribution in [0.3, 0.4) is 0 Å². The molecular formula is C10H12N2. The normalized spacial score (nSPS) is 22.0. The van der Waals surface area contributed by atoms with Crippen LogP contribution in [0.1, 0.15) is 32.1 Å². The Kier molecular flexibility index (Phi) is 2.51. The van der Waals surface area contributed by atoms with Gasteiger partial charge in [0, 0.05) is 0 Å². The molecule has 1 aliphatic carbocycles. The third-order valence-electron chi connectivity index (χ3n) is 2.36. The second kappa shape index (κ2) is 3.41. The van der Waals surface area contributed by atoms with Crippen molar-refractivity contribution in [3.05, 3.63) is 12.2 Å². The van der Waals surface area contributed by atoms with Gasteiger partial charge in [-0.05, 0) is 25.7 Å². The zero-order chi connectivity index (χ0) is 9.03. The first-order chi connectivity index (χ1) is 5.72. The standard InChI is InChI=1S/C10H12N2/c1-9-4-2-3-5-10(6-9,7-11)8-12/h1-6H2. The molecule has 0 amide bonds. The minimum absolute atomic E-state index is 0.569. The lowest BCUT2D eigenvalue weighted by Gasteiger charge is -2.14. The van der Waals surface area contributed by atoms with Gasteiger partial charge in [-0.2, -0.15) is 10.5 Å². The van der Waals surface area contributed by atoms with E-state index in [-0.39, 0.29) is 0 Å². The maximum absolute atomic E-state index is 8.87. The Hall–Kier alpha value is -1.28. The summed E-state index contributed by atoms with van der Waals surface area (Å²) in [5.74, 6) is 0. The molecule has 62 valence electrons. The maximum atomic E-state index is 8.87. The van der Waals surface area contributed by atoms with E-state index in [1.54, 1.807) is 0 Å². The Morgan fingerprint density at radius 1 is 1.25 bits per heavy atom. The maximum Gasteiger partial charge on any atom is 0.147 e. The summed E-state index contributed by atoms with van der Waals surface area (Å²) in [6.07, 6.45) is 4.30. The van der Waals surface area contributed by atoms with Gasteiger partial charge in [0.2, 0.25) is 0 Å². The first-order valence-electron chi connectivity index (χ1n) is 4.21. The van der Waals surface area contributed by atoms with Gasteiger partial charge in [0.05, 0.1) is 12.1 Å². The molecule has 0 spiro atoms. The molecule has 0 atom stereocenters. The summed E-state index contributed by atoms with van der Waals surface area (Å²) in [6, 6.07) is 4.23. The number of hydrogen-bond acceptors (Lipinski definition) is 2. The van der Waals surface area contributed by atoms with Crippen LogP contribution in [0.4, 0.5) is 0 Å². The number of nitrogens with zero attached hydrogens (tertiary/aromatic N) is 2. The van der Waals surface area contributed by atoms with Gasteiger partial charge in [-0.25, -0.2) is 0 Å². The van der Waals surface area contributed by atoms with Crippen LogP contribution >= 0.6 is 0 Å². The van der Waals surface area contributed by atoms with Crippen molar-refractivity contribution in [2.45, 2.75) is 32.1 Å². The molecule has 2 heteroatoms. The monoisotopic (exact) mass is 160 g/mol. The lowest BCUT2D eigenvalue weighted by atomic mass is 9.82. The molecule has 1 fully saturated rings. The van der Waals surface area contributed by atoms with E-state index in [1.807, 2.05) is 0 Å². The predicted octanol–water partition coefficient (Wildman–Crippen LogP) is 2.54. The minimum Gasteiger partial charge on any atom is -0.197 e. The quantitative estimate of drug-likeness (QED) is 0.404. The highest BCUT2D eigenvalue weighted by molar-refractivity contribution is 5.20. The largest absolute Gasteiger partial charge is 0.197 e. The molecule has 1 aliphatic rings. The van der Waals surface area contributed by atoms with Crippen LogP contribution in [0, 0.1) is 28.1 Å². The third kappa shape index (κ3) is 1.66. The van der Waals surface area contributed by atoms with Gasteiger partial charge in [-0.15, -0.1) is 0 Å². The summed E-state index contributed by atoms with van der Waals surface area (Å²) >= 11 is 0. The van der Waals surface area contributed by atoms with Gasteiger partial charge < -0.3 is 0 Å². The van der Waals surface area contributed by atoms with Crippen molar-refractivity contribution in [1.82, 2.24) is 0 Å². The molecule has 0 radical (unpaired) electrons. The van der Waals surface area contributed by atoms with Gasteiger partial charge in [-0.3, -0.25) is 0 Å². The van der Waals surface area contributed by atoms with E-state index in [2.05, 4.69) is 18.7 Å². The zero-order valence-corrected chi connectivity index (χ0v) is 7.14. The van der Waals surface area contributed by atoms with Gasteiger partial charge in [-0.1, -0.05) is 18.6 Å². The molecule has 0 aliphatic heterocycles. The SMILES string of the molecule is C=C1CCCCC(C#N)(C#N)C1. The molecule has 0 saturated heterocycles. The third-order valence-corrected chi connectivity index (χ3v) is 2.36. The minimum atomic E-state index is -0.770. The van der Waals surface area contributed by atoms with E-state index in [4.69, 9.17) is 10.5 Å². The van der Waals surface area contributed by atoms with Gasteiger partial charge >= 0.3 is 0 Å². The highest BCUT2D eigenvalue weighted by Crippen LogP contribution is 2.35. The van der Waals surface area contributed by atoms with Crippen molar-refractivity contribution < 1.29 is 0 Å². The van der Waals surface area contributed by atoms with Crippen molar-refractivity contribution in [2.75, 3.05) is 0 Å². The summed E-state index contributed by atoms with van der Waals surface area (Å²) in [6.45, 7) is 3.86. The van der Waals surface area contributed by atoms with Crippen molar-refractivity contribution in [3.8, 4) is 12.1 Å². The van der Waals surface area contributed by atoms with Gasteiger partial charge in [0.1, 0.15) is 5.41 Å². The first kappa shape index (κ1) is 8.81. The molecular weight excluding hydrogens is 148 g/mol. The fraction of sp³-hybridized carbons (Fsp3) is 0.600. The molecule has 1 saturated carbocycles. The average molecular weight is 160 g/mol. The van der Waals surface area contributed by atoms with E-state index in [1.165, 1.54) is 0 Å².